The first-order valence-corrected chi connectivity index (χ1v) is 22.2. The lowest BCUT2D eigenvalue weighted by Gasteiger charge is -2.17. The third kappa shape index (κ3) is 21.2. The largest absolute Gasteiger partial charge is 0.493 e. The molecule has 374 valence electrons. The number of nitrogens with one attached hydrogen (secondary N) is 1. The van der Waals surface area contributed by atoms with E-state index < -0.39 is 34.8 Å². The van der Waals surface area contributed by atoms with Gasteiger partial charge in [0.1, 0.15) is 30.7 Å². The van der Waals surface area contributed by atoms with Crippen LogP contribution in [0.15, 0.2) is 147 Å². The van der Waals surface area contributed by atoms with Gasteiger partial charge in [0.25, 0.3) is 0 Å². The molecule has 3 unspecified atom stereocenters. The third-order valence-corrected chi connectivity index (χ3v) is 9.84. The molecule has 0 aliphatic heterocycles. The number of carbonyl (C=O) groups is 4. The van der Waals surface area contributed by atoms with E-state index in [1.807, 2.05) is 6.92 Å². The quantitative estimate of drug-likeness (QED) is 0.0198. The van der Waals surface area contributed by atoms with Crippen LogP contribution < -0.4 is 30.0 Å². The lowest BCUT2D eigenvalue weighted by molar-refractivity contribution is -0.141. The maximum atomic E-state index is 13.5. The molecule has 0 aliphatic rings. The van der Waals surface area contributed by atoms with Gasteiger partial charge in [0.15, 0.2) is 23.0 Å². The lowest BCUT2D eigenvalue weighted by Crippen LogP contribution is -2.21. The number of hydrogen-bond donors (Lipinski definition) is 3. The molecule has 0 radical (unpaired) electrons. The van der Waals surface area contributed by atoms with Crippen LogP contribution >= 0.6 is 11.6 Å². The molecule has 70 heavy (non-hydrogen) atoms. The Bertz CT molecular complexity index is 2420. The SMILES string of the molecule is C=CCC(C(=O)Cl)c1cccc(F)c1.C=CCC(C(=O)Nc1ccc(OC)c(OCCC)c1)c1cccc(F)c1.C=CCC(C(=O)O)c1cccc(F)c1.COc1ccc(N)cc1OCCOC(C)=O. The van der Waals surface area contributed by atoms with Crippen LogP contribution in [0, 0.1) is 17.5 Å². The van der Waals surface area contributed by atoms with Crippen molar-refractivity contribution in [2.75, 3.05) is 45.1 Å². The molecule has 0 bridgehead atoms. The Morgan fingerprint density at radius 1 is 0.643 bits per heavy atom. The first-order valence-electron chi connectivity index (χ1n) is 21.8. The number of carboxylic acid groups (broad SMARTS) is 1. The Kier molecular flexibility index (Phi) is 27.0. The van der Waals surface area contributed by atoms with Gasteiger partial charge in [-0.15, -0.1) is 19.7 Å². The molecule has 0 aromatic heterocycles. The van der Waals surface area contributed by atoms with Gasteiger partial charge in [0.05, 0.1) is 38.6 Å². The summed E-state index contributed by atoms with van der Waals surface area (Å²) >= 11 is 5.40. The molecule has 5 aromatic carbocycles. The summed E-state index contributed by atoms with van der Waals surface area (Å²) in [6.45, 7) is 15.1. The fraction of sp³-hybridized carbons (Fsp3) is 0.259. The second-order valence-electron chi connectivity index (χ2n) is 14.8. The lowest BCUT2D eigenvalue weighted by atomic mass is 9.94. The van der Waals surface area contributed by atoms with Crippen LogP contribution in [0.3, 0.4) is 0 Å². The zero-order chi connectivity index (χ0) is 52.0. The molecule has 3 atom stereocenters. The average Bonchev–Trinajstić information content (AvgIpc) is 3.32. The number of rotatable bonds is 22. The van der Waals surface area contributed by atoms with Crippen LogP contribution in [-0.2, 0) is 23.9 Å². The zero-order valence-corrected chi connectivity index (χ0v) is 40.4. The molecule has 5 aromatic rings. The highest BCUT2D eigenvalue weighted by molar-refractivity contribution is 6.64. The standard InChI is InChI=1S/C21H24FNO3.C11H10ClFO.C11H11FO2.C11H15NO4/c1-4-7-18(15-8-6-9-16(22)13-15)21(24)23-17-10-11-19(25-3)20(14-17)26-12-5-2;1-2-4-10(11(12)14)8-5-3-6-9(13)7-8;1-2-4-10(11(13)14)8-5-3-6-9(12)7-8;1-8(13)15-5-6-16-11-7-9(12)3-4-10(11)14-2/h4,6,8-11,13-14,18H,1,5,7,12H2,2-3H3,(H,23,24);2-3,5-7,10H,1,4H2;2-3,5-7,10H,1,4H2,(H,13,14);3-4,7H,5-6,12H2,1-2H3. The molecule has 0 fully saturated rings. The number of carboxylic acids is 1. The predicted octanol–water partition coefficient (Wildman–Crippen LogP) is 12.0. The monoisotopic (exact) mass is 988 g/mol. The van der Waals surface area contributed by atoms with Crippen molar-refractivity contribution < 1.29 is 61.1 Å². The number of amides is 1. The van der Waals surface area contributed by atoms with Gasteiger partial charge in [-0.1, -0.05) is 61.5 Å². The number of methoxy groups -OCH3 is 2. The predicted molar refractivity (Wildman–Crippen MR) is 267 cm³/mol. The summed E-state index contributed by atoms with van der Waals surface area (Å²) in [6.07, 6.45) is 6.76. The van der Waals surface area contributed by atoms with E-state index in [0.29, 0.717) is 76.9 Å². The van der Waals surface area contributed by atoms with E-state index in [2.05, 4.69) is 25.1 Å². The first kappa shape index (κ1) is 58.6. The topological polar surface area (TPSA) is 173 Å². The summed E-state index contributed by atoms with van der Waals surface area (Å²) in [7, 11) is 3.11. The molecular weight excluding hydrogens is 929 g/mol. The van der Waals surface area contributed by atoms with Gasteiger partial charge in [-0.2, -0.15) is 0 Å². The minimum Gasteiger partial charge on any atom is -0.493 e. The molecule has 0 aliphatic carbocycles. The molecule has 1 amide bonds. The van der Waals surface area contributed by atoms with E-state index in [1.54, 1.807) is 93.1 Å². The van der Waals surface area contributed by atoms with Gasteiger partial charge in [-0.05, 0) is 115 Å². The maximum Gasteiger partial charge on any atom is 0.311 e. The number of nitrogen functional groups attached to an aromatic ring is 1. The van der Waals surface area contributed by atoms with Crippen molar-refractivity contribution in [2.45, 2.75) is 57.3 Å². The van der Waals surface area contributed by atoms with Crippen molar-refractivity contribution in [3.63, 3.8) is 0 Å². The number of allylic oxidation sites excluding steroid dienone is 3. The molecule has 4 N–H and O–H groups in total. The third-order valence-electron chi connectivity index (χ3n) is 9.58. The van der Waals surface area contributed by atoms with Crippen molar-refractivity contribution in [1.29, 1.82) is 0 Å². The number of esters is 1. The average molecular weight is 990 g/mol. The van der Waals surface area contributed by atoms with Gasteiger partial charge in [-0.3, -0.25) is 19.2 Å². The van der Waals surface area contributed by atoms with Crippen molar-refractivity contribution in [1.82, 2.24) is 0 Å². The Morgan fingerprint density at radius 3 is 1.56 bits per heavy atom. The van der Waals surface area contributed by atoms with E-state index in [4.69, 9.17) is 46.1 Å². The summed E-state index contributed by atoms with van der Waals surface area (Å²) in [4.78, 5) is 45.1. The van der Waals surface area contributed by atoms with E-state index in [0.717, 1.165) is 6.42 Å². The highest BCUT2D eigenvalue weighted by Crippen LogP contribution is 2.32. The van der Waals surface area contributed by atoms with Crippen LogP contribution in [0.4, 0.5) is 24.5 Å². The number of hydrogen-bond acceptors (Lipinski definition) is 10. The van der Waals surface area contributed by atoms with Crippen molar-refractivity contribution in [3.05, 3.63) is 181 Å². The Balaban J connectivity index is 0.000000334. The van der Waals surface area contributed by atoms with Crippen molar-refractivity contribution in [2.24, 2.45) is 0 Å². The number of halogens is 4. The Morgan fingerprint density at radius 2 is 1.10 bits per heavy atom. The van der Waals surface area contributed by atoms with E-state index >= 15 is 0 Å². The van der Waals surface area contributed by atoms with Gasteiger partial charge in [0, 0.05) is 30.4 Å². The van der Waals surface area contributed by atoms with Crippen LogP contribution in [0.5, 0.6) is 23.0 Å². The number of nitrogens with two attached hydrogens (primary N) is 1. The van der Waals surface area contributed by atoms with E-state index in [1.165, 1.54) is 55.5 Å². The van der Waals surface area contributed by atoms with Crippen LogP contribution in [0.2, 0.25) is 0 Å². The normalized spacial score (nSPS) is 11.3. The molecule has 0 spiro atoms. The van der Waals surface area contributed by atoms with Gasteiger partial charge in [0.2, 0.25) is 11.1 Å². The summed E-state index contributed by atoms with van der Waals surface area (Å²) in [6, 6.07) is 27.9. The number of carbonyl (C=O) groups excluding carboxylic acids is 3. The number of ether oxygens (including phenoxy) is 5. The maximum absolute atomic E-state index is 13.5. The summed E-state index contributed by atoms with van der Waals surface area (Å²) in [5.41, 5.74) is 8.46. The molecule has 5 rings (SSSR count). The highest BCUT2D eigenvalue weighted by Gasteiger charge is 2.21. The smallest absolute Gasteiger partial charge is 0.311 e. The Hall–Kier alpha value is -7.52. The molecule has 16 heteroatoms. The second-order valence-corrected chi connectivity index (χ2v) is 15.2. The van der Waals surface area contributed by atoms with E-state index in [9.17, 15) is 32.3 Å². The molecule has 0 heterocycles. The van der Waals surface area contributed by atoms with Crippen molar-refractivity contribution in [3.8, 4) is 23.0 Å². The molecule has 12 nitrogen and oxygen atoms in total. The van der Waals surface area contributed by atoms with Gasteiger partial charge >= 0.3 is 11.9 Å². The number of aliphatic carboxylic acids is 1. The fourth-order valence-corrected chi connectivity index (χ4v) is 6.47. The molecule has 0 saturated carbocycles. The fourth-order valence-electron chi connectivity index (χ4n) is 6.26. The second kappa shape index (κ2) is 32.3. The molecular formula is C54H60ClF3N2O10. The van der Waals surface area contributed by atoms with Crippen LogP contribution in [0.1, 0.15) is 74.0 Å². The summed E-state index contributed by atoms with van der Waals surface area (Å²) in [5, 5.41) is 11.3. The minimum atomic E-state index is -0.963. The highest BCUT2D eigenvalue weighted by atomic mass is 35.5. The zero-order valence-electron chi connectivity index (χ0n) is 39.6. The van der Waals surface area contributed by atoms with Crippen molar-refractivity contribution >= 4 is 46.1 Å². The van der Waals surface area contributed by atoms with Crippen LogP contribution in [0.25, 0.3) is 0 Å². The minimum absolute atomic E-state index is 0.202. The van der Waals surface area contributed by atoms with E-state index in [-0.39, 0.29) is 36.7 Å². The first-order chi connectivity index (χ1) is 33.5. The van der Waals surface area contributed by atoms with Gasteiger partial charge in [-0.25, -0.2) is 13.2 Å². The van der Waals surface area contributed by atoms with Crippen LogP contribution in [-0.4, -0.2) is 62.2 Å². The van der Waals surface area contributed by atoms with Gasteiger partial charge < -0.3 is 39.8 Å². The Labute approximate surface area is 412 Å². The summed E-state index contributed by atoms with van der Waals surface area (Å²) < 4.78 is 65.3. The summed E-state index contributed by atoms with van der Waals surface area (Å²) in [5.74, 6) is -2.11. The number of benzene rings is 5. The molecule has 0 saturated heterocycles. The number of anilines is 2.